The Bertz CT molecular complexity index is 1100. The highest BCUT2D eigenvalue weighted by Crippen LogP contribution is 2.73. The summed E-state index contributed by atoms with van der Waals surface area (Å²) in [6.07, 6.45) is 21.6. The van der Waals surface area contributed by atoms with Crippen LogP contribution in [0.1, 0.15) is 105 Å². The first-order valence-electron chi connectivity index (χ1n) is 18.1. The van der Waals surface area contributed by atoms with E-state index in [4.69, 9.17) is 0 Å². The molecule has 0 amide bonds. The van der Waals surface area contributed by atoms with Crippen LogP contribution in [0.3, 0.4) is 0 Å². The fraction of sp³-hybridized carbons (Fsp3) is 0.895. The second-order valence-corrected chi connectivity index (χ2v) is 18.8. The molecule has 1 N–H and O–H groups in total. The van der Waals surface area contributed by atoms with E-state index in [-0.39, 0.29) is 0 Å². The minimum absolute atomic E-state index is 0.334. The molecule has 7 aliphatic carbocycles. The van der Waals surface area contributed by atoms with Crippen LogP contribution in [-0.2, 0) is 0 Å². The average molecular weight is 577 g/mol. The number of nitrogens with one attached hydrogen (secondary N) is 1. The van der Waals surface area contributed by atoms with Gasteiger partial charge in [-0.1, -0.05) is 53.2 Å². The molecular weight excluding hydrogens is 516 g/mol. The van der Waals surface area contributed by atoms with E-state index < -0.39 is 0 Å². The number of fused-ring (bicyclic) bond motifs is 8. The standard InChI is InChI=1S/C38H60N2S/c1-25-28-23-26(24-29(25)28)30-10-14-37(5)33(35(30,2)3)12-15-36(4)31-11-16-38(39-17-18-40-19-21-41-22-20-40)13-6-7-32(38)27(31)8-9-34(36)37/h10,23,25,27-29,31-34,39H,6-9,11-22,24H2,1-5H3/t25-,27?,28?,29?,31?,32-,33?,34+,36?,37?,38?/m1/s1. The molecule has 2 nitrogen and oxygen atoms in total. The minimum atomic E-state index is 0.334. The summed E-state index contributed by atoms with van der Waals surface area (Å²) in [5.74, 6) is 10.2. The Morgan fingerprint density at radius 2 is 1.71 bits per heavy atom. The Morgan fingerprint density at radius 1 is 0.878 bits per heavy atom. The predicted molar refractivity (Wildman–Crippen MR) is 175 cm³/mol. The van der Waals surface area contributed by atoms with E-state index >= 15 is 0 Å². The number of nitrogens with zero attached hydrogens (tertiary/aromatic N) is 1. The van der Waals surface area contributed by atoms with Crippen molar-refractivity contribution in [2.45, 2.75) is 111 Å². The summed E-state index contributed by atoms with van der Waals surface area (Å²) in [5, 5.41) is 4.30. The third kappa shape index (κ3) is 4.16. The van der Waals surface area contributed by atoms with Crippen molar-refractivity contribution in [2.24, 2.45) is 63.6 Å². The van der Waals surface area contributed by atoms with Crippen molar-refractivity contribution in [3.63, 3.8) is 0 Å². The molecule has 5 saturated carbocycles. The molecule has 1 saturated heterocycles. The van der Waals surface area contributed by atoms with Gasteiger partial charge in [-0.25, -0.2) is 0 Å². The topological polar surface area (TPSA) is 15.3 Å². The van der Waals surface area contributed by atoms with Crippen LogP contribution in [0, 0.1) is 63.6 Å². The third-order valence-electron chi connectivity index (χ3n) is 15.9. The Hall–Kier alpha value is -0.250. The monoisotopic (exact) mass is 576 g/mol. The maximum absolute atomic E-state index is 4.30. The number of hydrogen-bond donors (Lipinski definition) is 1. The summed E-state index contributed by atoms with van der Waals surface area (Å²) < 4.78 is 0. The van der Waals surface area contributed by atoms with Gasteiger partial charge >= 0.3 is 0 Å². The number of rotatable bonds is 5. The van der Waals surface area contributed by atoms with E-state index in [2.05, 4.69) is 68.7 Å². The lowest BCUT2D eigenvalue weighted by Gasteiger charge is -2.68. The fourth-order valence-electron chi connectivity index (χ4n) is 13.9. The molecule has 8 unspecified atom stereocenters. The van der Waals surface area contributed by atoms with E-state index in [0.29, 0.717) is 21.8 Å². The molecule has 11 atom stereocenters. The Morgan fingerprint density at radius 3 is 2.49 bits per heavy atom. The fourth-order valence-corrected chi connectivity index (χ4v) is 14.9. The van der Waals surface area contributed by atoms with Crippen LogP contribution in [-0.4, -0.2) is 48.1 Å². The van der Waals surface area contributed by atoms with E-state index in [1.807, 2.05) is 0 Å². The second-order valence-electron chi connectivity index (χ2n) is 17.6. The number of thioether (sulfide) groups is 1. The molecule has 228 valence electrons. The van der Waals surface area contributed by atoms with Crippen LogP contribution < -0.4 is 5.32 Å². The summed E-state index contributed by atoms with van der Waals surface area (Å²) >= 11 is 2.14. The summed E-state index contributed by atoms with van der Waals surface area (Å²) in [7, 11) is 0. The lowest BCUT2D eigenvalue weighted by atomic mass is 9.37. The SMILES string of the molecule is C[C@@H]1C2C=C(C3=CCC4(C)C(CCC5(C)C6CCC7(NCCN8CCSCC8)CCC[C@@H]7C6CC[C@@H]54)C3(C)C)CC21. The second kappa shape index (κ2) is 9.87. The summed E-state index contributed by atoms with van der Waals surface area (Å²) in [5.41, 5.74) is 5.38. The van der Waals surface area contributed by atoms with Crippen molar-refractivity contribution < 1.29 is 0 Å². The summed E-state index contributed by atoms with van der Waals surface area (Å²) in [6.45, 7) is 18.5. The molecule has 1 aliphatic heterocycles. The molecule has 0 spiro atoms. The molecule has 0 aromatic rings. The zero-order valence-corrected chi connectivity index (χ0v) is 28.0. The van der Waals surface area contributed by atoms with Gasteiger partial charge in [0.25, 0.3) is 0 Å². The summed E-state index contributed by atoms with van der Waals surface area (Å²) in [4.78, 5) is 2.72. The first-order valence-corrected chi connectivity index (χ1v) is 19.3. The van der Waals surface area contributed by atoms with Gasteiger partial charge in [-0.15, -0.1) is 0 Å². The average Bonchev–Trinajstić information content (AvgIpc) is 3.29. The van der Waals surface area contributed by atoms with Gasteiger partial charge in [-0.05, 0) is 139 Å². The van der Waals surface area contributed by atoms with Crippen molar-refractivity contribution in [1.82, 2.24) is 10.2 Å². The van der Waals surface area contributed by atoms with Crippen LogP contribution in [0.4, 0.5) is 0 Å². The molecule has 1 heterocycles. The van der Waals surface area contributed by atoms with Crippen LogP contribution in [0.2, 0.25) is 0 Å². The normalized spacial score (nSPS) is 51.9. The highest BCUT2D eigenvalue weighted by atomic mass is 32.2. The smallest absolute Gasteiger partial charge is 0.0213 e. The van der Waals surface area contributed by atoms with Crippen molar-refractivity contribution in [3.8, 4) is 0 Å². The van der Waals surface area contributed by atoms with E-state index in [1.54, 1.807) is 11.1 Å². The quantitative estimate of drug-likeness (QED) is 0.353. The van der Waals surface area contributed by atoms with E-state index in [9.17, 15) is 0 Å². The third-order valence-corrected chi connectivity index (χ3v) is 16.9. The van der Waals surface area contributed by atoms with E-state index in [0.717, 1.165) is 47.3 Å². The Labute approximate surface area is 256 Å². The first kappa shape index (κ1) is 28.2. The summed E-state index contributed by atoms with van der Waals surface area (Å²) in [6, 6.07) is 0. The van der Waals surface area contributed by atoms with Crippen molar-refractivity contribution in [1.29, 1.82) is 0 Å². The minimum Gasteiger partial charge on any atom is -0.310 e. The molecule has 0 aromatic heterocycles. The first-order chi connectivity index (χ1) is 19.7. The van der Waals surface area contributed by atoms with Gasteiger partial charge in [0.1, 0.15) is 0 Å². The maximum Gasteiger partial charge on any atom is 0.0213 e. The lowest BCUT2D eigenvalue weighted by Crippen LogP contribution is -2.64. The molecule has 0 aromatic carbocycles. The molecule has 8 rings (SSSR count). The van der Waals surface area contributed by atoms with Gasteiger partial charge in [0.15, 0.2) is 0 Å². The molecule has 8 aliphatic rings. The van der Waals surface area contributed by atoms with Crippen molar-refractivity contribution >= 4 is 11.8 Å². The van der Waals surface area contributed by atoms with Gasteiger partial charge in [0.2, 0.25) is 0 Å². The van der Waals surface area contributed by atoms with Crippen molar-refractivity contribution in [3.05, 3.63) is 23.3 Å². The molecule has 0 radical (unpaired) electrons. The molecule has 6 fully saturated rings. The molecular formula is C38H60N2S. The highest BCUT2D eigenvalue weighted by molar-refractivity contribution is 7.99. The van der Waals surface area contributed by atoms with Gasteiger partial charge in [0.05, 0.1) is 0 Å². The Balaban J connectivity index is 1.00. The predicted octanol–water partition coefficient (Wildman–Crippen LogP) is 8.59. The number of hydrogen-bond acceptors (Lipinski definition) is 3. The highest BCUT2D eigenvalue weighted by Gasteiger charge is 2.65. The Kier molecular flexibility index (Phi) is 6.80. The maximum atomic E-state index is 4.30. The lowest BCUT2D eigenvalue weighted by molar-refractivity contribution is -0.175. The zero-order valence-electron chi connectivity index (χ0n) is 27.1. The van der Waals surface area contributed by atoms with Gasteiger partial charge in [0, 0.05) is 43.2 Å². The van der Waals surface area contributed by atoms with Crippen LogP contribution in [0.5, 0.6) is 0 Å². The van der Waals surface area contributed by atoms with Crippen LogP contribution in [0.25, 0.3) is 0 Å². The molecule has 41 heavy (non-hydrogen) atoms. The largest absolute Gasteiger partial charge is 0.310 e. The van der Waals surface area contributed by atoms with Gasteiger partial charge in [-0.3, -0.25) is 0 Å². The van der Waals surface area contributed by atoms with Crippen LogP contribution in [0.15, 0.2) is 23.3 Å². The molecule has 3 heteroatoms. The van der Waals surface area contributed by atoms with Crippen molar-refractivity contribution in [2.75, 3.05) is 37.7 Å². The molecule has 0 bridgehead atoms. The van der Waals surface area contributed by atoms with Gasteiger partial charge < -0.3 is 10.2 Å². The van der Waals surface area contributed by atoms with Crippen LogP contribution >= 0.6 is 11.8 Å². The van der Waals surface area contributed by atoms with E-state index in [1.165, 1.54) is 108 Å². The number of allylic oxidation sites excluding steroid dienone is 4. The van der Waals surface area contributed by atoms with Gasteiger partial charge in [-0.2, -0.15) is 11.8 Å². The zero-order chi connectivity index (χ0) is 28.2.